The van der Waals surface area contributed by atoms with Gasteiger partial charge in [-0.3, -0.25) is 0 Å². The normalized spacial score (nSPS) is 10.4. The second kappa shape index (κ2) is 6.06. The lowest BCUT2D eigenvalue weighted by atomic mass is 10.4. The number of ether oxygens (including phenoxy) is 1. The van der Waals surface area contributed by atoms with E-state index in [1.807, 2.05) is 24.3 Å². The van der Waals surface area contributed by atoms with Crippen LogP contribution in [0.25, 0.3) is 0 Å². The minimum atomic E-state index is -0.460. The molecule has 0 amide bonds. The third-order valence-corrected chi connectivity index (χ3v) is 4.90. The summed E-state index contributed by atoms with van der Waals surface area (Å²) < 4.78 is 6.33. The van der Waals surface area contributed by atoms with Crippen molar-refractivity contribution >= 4 is 56.6 Å². The van der Waals surface area contributed by atoms with Crippen molar-refractivity contribution in [1.29, 1.82) is 0 Å². The molecule has 7 heteroatoms. The molecule has 0 unspecified atom stereocenters. The quantitative estimate of drug-likeness (QED) is 0.752. The zero-order valence-corrected chi connectivity index (χ0v) is 13.1. The Bertz CT molecular complexity index is 588. The van der Waals surface area contributed by atoms with Gasteiger partial charge in [-0.25, -0.2) is 9.78 Å². The van der Waals surface area contributed by atoms with Gasteiger partial charge >= 0.3 is 5.97 Å². The maximum absolute atomic E-state index is 11.4. The van der Waals surface area contributed by atoms with Crippen molar-refractivity contribution in [3.8, 4) is 0 Å². The smallest absolute Gasteiger partial charge is 0.351 e. The molecule has 0 aliphatic carbocycles. The number of benzene rings is 1. The summed E-state index contributed by atoms with van der Waals surface area (Å²) in [7, 11) is 1.32. The molecular weight excluding hydrogens is 358 g/mol. The number of thiazole rings is 1. The maximum atomic E-state index is 11.4. The van der Waals surface area contributed by atoms with Crippen LogP contribution in [0.5, 0.6) is 0 Å². The predicted octanol–water partition coefficient (Wildman–Crippen LogP) is 4.50. The lowest BCUT2D eigenvalue weighted by Gasteiger charge is -1.97. The first-order valence-corrected chi connectivity index (χ1v) is 7.58. The van der Waals surface area contributed by atoms with E-state index in [-0.39, 0.29) is 5.15 Å². The lowest BCUT2D eigenvalue weighted by Crippen LogP contribution is -1.98. The molecule has 0 radical (unpaired) electrons. The molecule has 2 aromatic rings. The molecule has 1 aromatic heterocycles. The van der Waals surface area contributed by atoms with Crippen LogP contribution in [0.1, 0.15) is 9.67 Å². The molecule has 0 saturated carbocycles. The van der Waals surface area contributed by atoms with Crippen molar-refractivity contribution in [2.24, 2.45) is 0 Å². The summed E-state index contributed by atoms with van der Waals surface area (Å²) in [5, 5.41) is 0.185. The van der Waals surface area contributed by atoms with Crippen LogP contribution in [0.4, 0.5) is 0 Å². The summed E-state index contributed by atoms with van der Waals surface area (Å²) in [6, 6.07) is 7.81. The zero-order chi connectivity index (χ0) is 13.1. The minimum absolute atomic E-state index is 0.185. The van der Waals surface area contributed by atoms with Crippen molar-refractivity contribution in [1.82, 2.24) is 4.98 Å². The fourth-order valence-corrected chi connectivity index (χ4v) is 4.09. The number of rotatable bonds is 3. The van der Waals surface area contributed by atoms with E-state index in [1.165, 1.54) is 30.2 Å². The molecular formula is C11H7BrClNO2S2. The van der Waals surface area contributed by atoms with Gasteiger partial charge in [-0.05, 0) is 18.2 Å². The van der Waals surface area contributed by atoms with Crippen LogP contribution < -0.4 is 0 Å². The SMILES string of the molecule is COC(=O)c1sc(Sc2cccc(Br)c2)nc1Cl. The van der Waals surface area contributed by atoms with E-state index in [0.717, 1.165) is 9.37 Å². The topological polar surface area (TPSA) is 39.2 Å². The molecule has 0 fully saturated rings. The summed E-state index contributed by atoms with van der Waals surface area (Å²) in [5.41, 5.74) is 0. The Kier molecular flexibility index (Phi) is 4.66. The first kappa shape index (κ1) is 13.9. The van der Waals surface area contributed by atoms with Gasteiger partial charge < -0.3 is 4.74 Å². The molecule has 18 heavy (non-hydrogen) atoms. The first-order chi connectivity index (χ1) is 8.60. The van der Waals surface area contributed by atoms with Gasteiger partial charge in [0.2, 0.25) is 0 Å². The summed E-state index contributed by atoms with van der Waals surface area (Å²) in [6.07, 6.45) is 0. The second-order valence-corrected chi connectivity index (χ2v) is 6.74. The molecule has 1 aromatic carbocycles. The van der Waals surface area contributed by atoms with E-state index in [2.05, 4.69) is 25.7 Å². The van der Waals surface area contributed by atoms with Gasteiger partial charge in [-0.15, -0.1) is 0 Å². The minimum Gasteiger partial charge on any atom is -0.465 e. The highest BCUT2D eigenvalue weighted by molar-refractivity contribution is 9.10. The molecule has 3 nitrogen and oxygen atoms in total. The zero-order valence-electron chi connectivity index (χ0n) is 9.15. The maximum Gasteiger partial charge on any atom is 0.351 e. The van der Waals surface area contributed by atoms with E-state index < -0.39 is 5.97 Å². The van der Waals surface area contributed by atoms with Crippen LogP contribution in [0, 0.1) is 0 Å². The molecule has 0 spiro atoms. The van der Waals surface area contributed by atoms with Crippen LogP contribution in [0.15, 0.2) is 38.0 Å². The van der Waals surface area contributed by atoms with Gasteiger partial charge in [0.15, 0.2) is 14.4 Å². The number of carbonyl (C=O) groups excluding carboxylic acids is 1. The Balaban J connectivity index is 2.23. The van der Waals surface area contributed by atoms with Crippen LogP contribution in [0.3, 0.4) is 0 Å². The highest BCUT2D eigenvalue weighted by Crippen LogP contribution is 2.35. The Morgan fingerprint density at radius 2 is 2.33 bits per heavy atom. The molecule has 0 bridgehead atoms. The van der Waals surface area contributed by atoms with Gasteiger partial charge in [-0.2, -0.15) is 0 Å². The van der Waals surface area contributed by atoms with Crippen LogP contribution in [-0.2, 0) is 4.74 Å². The number of methoxy groups -OCH3 is 1. The summed E-state index contributed by atoms with van der Waals surface area (Å²) >= 11 is 12.0. The van der Waals surface area contributed by atoms with Crippen LogP contribution in [0.2, 0.25) is 5.15 Å². The predicted molar refractivity (Wildman–Crippen MR) is 76.7 cm³/mol. The fraction of sp³-hybridized carbons (Fsp3) is 0.0909. The van der Waals surface area contributed by atoms with E-state index in [9.17, 15) is 4.79 Å². The molecule has 1 heterocycles. The molecule has 0 aliphatic heterocycles. The van der Waals surface area contributed by atoms with Crippen molar-refractivity contribution < 1.29 is 9.53 Å². The number of hydrogen-bond donors (Lipinski definition) is 0. The Morgan fingerprint density at radius 1 is 1.56 bits per heavy atom. The van der Waals surface area contributed by atoms with Gasteiger partial charge in [-0.1, -0.05) is 56.7 Å². The number of halogens is 2. The highest BCUT2D eigenvalue weighted by Gasteiger charge is 2.17. The standard InChI is InChI=1S/C11H7BrClNO2S2/c1-16-10(15)8-9(13)14-11(18-8)17-7-4-2-3-6(12)5-7/h2-5H,1H3. The molecule has 0 atom stereocenters. The monoisotopic (exact) mass is 363 g/mol. The number of carbonyl (C=O) groups is 1. The molecule has 0 N–H and O–H groups in total. The van der Waals surface area contributed by atoms with E-state index in [1.54, 1.807) is 0 Å². The lowest BCUT2D eigenvalue weighted by molar-refractivity contribution is 0.0606. The summed E-state index contributed by atoms with van der Waals surface area (Å²) in [5.74, 6) is -0.460. The van der Waals surface area contributed by atoms with Crippen molar-refractivity contribution in [2.75, 3.05) is 7.11 Å². The number of esters is 1. The van der Waals surface area contributed by atoms with Crippen molar-refractivity contribution in [2.45, 2.75) is 9.24 Å². The summed E-state index contributed by atoms with van der Waals surface area (Å²) in [4.78, 5) is 16.9. The largest absolute Gasteiger partial charge is 0.465 e. The van der Waals surface area contributed by atoms with Crippen LogP contribution in [-0.4, -0.2) is 18.1 Å². The highest BCUT2D eigenvalue weighted by atomic mass is 79.9. The molecule has 0 aliphatic rings. The number of aromatic nitrogens is 1. The number of nitrogens with zero attached hydrogens (tertiary/aromatic N) is 1. The Morgan fingerprint density at radius 3 is 3.00 bits per heavy atom. The Hall–Kier alpha value is -0.560. The third kappa shape index (κ3) is 3.26. The number of hydrogen-bond acceptors (Lipinski definition) is 5. The average Bonchev–Trinajstić information content (AvgIpc) is 2.69. The first-order valence-electron chi connectivity index (χ1n) is 4.78. The van der Waals surface area contributed by atoms with E-state index >= 15 is 0 Å². The van der Waals surface area contributed by atoms with Gasteiger partial charge in [0.25, 0.3) is 0 Å². The van der Waals surface area contributed by atoms with Gasteiger partial charge in [0, 0.05) is 9.37 Å². The van der Waals surface area contributed by atoms with Gasteiger partial charge in [0.1, 0.15) is 0 Å². The van der Waals surface area contributed by atoms with Crippen molar-refractivity contribution in [3.05, 3.63) is 38.8 Å². The van der Waals surface area contributed by atoms with E-state index in [4.69, 9.17) is 11.6 Å². The van der Waals surface area contributed by atoms with E-state index in [0.29, 0.717) is 9.22 Å². The average molecular weight is 365 g/mol. The third-order valence-electron chi connectivity index (χ3n) is 1.94. The summed E-state index contributed by atoms with van der Waals surface area (Å²) in [6.45, 7) is 0. The van der Waals surface area contributed by atoms with Crippen LogP contribution >= 0.6 is 50.6 Å². The fourth-order valence-electron chi connectivity index (χ4n) is 1.18. The molecule has 2 rings (SSSR count). The second-order valence-electron chi connectivity index (χ2n) is 3.15. The van der Waals surface area contributed by atoms with Crippen molar-refractivity contribution in [3.63, 3.8) is 0 Å². The van der Waals surface area contributed by atoms with Gasteiger partial charge in [0.05, 0.1) is 7.11 Å². The molecule has 0 saturated heterocycles. The molecule has 94 valence electrons. The Labute approximate surface area is 126 Å².